The highest BCUT2D eigenvalue weighted by molar-refractivity contribution is 9.09. The van der Waals surface area contributed by atoms with E-state index in [9.17, 15) is 4.79 Å². The summed E-state index contributed by atoms with van der Waals surface area (Å²) in [5.41, 5.74) is 2.81. The molecule has 0 bridgehead atoms. The maximum Gasteiger partial charge on any atom is 0.235 e. The number of halogens is 1. The number of aryl methyl sites for hydroxylation is 1. The molecule has 0 unspecified atom stereocenters. The molecule has 1 aromatic carbocycles. The van der Waals surface area contributed by atoms with Crippen LogP contribution in [-0.2, 0) is 4.79 Å². The lowest BCUT2D eigenvalue weighted by atomic mass is 10.1. The van der Waals surface area contributed by atoms with E-state index in [0.29, 0.717) is 5.33 Å². The molecule has 0 fully saturated rings. The fourth-order valence-corrected chi connectivity index (χ4v) is 1.60. The zero-order valence-corrected chi connectivity index (χ0v) is 10.6. The molecule has 0 spiro atoms. The number of anilines is 1. The van der Waals surface area contributed by atoms with Gasteiger partial charge in [0.2, 0.25) is 5.91 Å². The predicted molar refractivity (Wildman–Crippen MR) is 64.9 cm³/mol. The molecule has 3 nitrogen and oxygen atoms in total. The summed E-state index contributed by atoms with van der Waals surface area (Å²) in [6.45, 7) is 3.90. The van der Waals surface area contributed by atoms with Gasteiger partial charge in [0, 0.05) is 11.3 Å². The van der Waals surface area contributed by atoms with Crippen molar-refractivity contribution in [2.75, 3.05) is 17.8 Å². The number of nitrogens with one attached hydrogen (secondary N) is 1. The average molecular weight is 272 g/mol. The third-order valence-corrected chi connectivity index (χ3v) is 2.71. The molecule has 0 aliphatic carbocycles. The second-order valence-corrected chi connectivity index (χ2v) is 3.83. The molecule has 0 saturated carbocycles. The van der Waals surface area contributed by atoms with Gasteiger partial charge in [-0.15, -0.1) is 0 Å². The third-order valence-electron chi connectivity index (χ3n) is 2.20. The Morgan fingerprint density at radius 1 is 1.47 bits per heavy atom. The number of carbonyl (C=O) groups excluding carboxylic acids is 1. The van der Waals surface area contributed by atoms with Gasteiger partial charge in [0.1, 0.15) is 5.75 Å². The van der Waals surface area contributed by atoms with Crippen LogP contribution in [0, 0.1) is 13.8 Å². The first-order valence-electron chi connectivity index (χ1n) is 4.60. The van der Waals surface area contributed by atoms with E-state index in [1.807, 2.05) is 26.0 Å². The molecule has 0 radical (unpaired) electrons. The average Bonchev–Trinajstić information content (AvgIpc) is 2.23. The summed E-state index contributed by atoms with van der Waals surface area (Å²) in [6.07, 6.45) is 0. The second-order valence-electron chi connectivity index (χ2n) is 3.27. The normalized spacial score (nSPS) is 9.87. The Balaban J connectivity index is 3.05. The molecule has 82 valence electrons. The van der Waals surface area contributed by atoms with Crippen molar-refractivity contribution in [3.05, 3.63) is 23.3 Å². The zero-order valence-electron chi connectivity index (χ0n) is 9.06. The molecule has 1 aromatic rings. The Labute approximate surface area is 97.9 Å². The fourth-order valence-electron chi connectivity index (χ4n) is 1.46. The number of hydrogen-bond acceptors (Lipinski definition) is 2. The van der Waals surface area contributed by atoms with Crippen LogP contribution < -0.4 is 10.1 Å². The van der Waals surface area contributed by atoms with Crippen LogP contribution in [0.2, 0.25) is 0 Å². The minimum atomic E-state index is -0.0657. The summed E-state index contributed by atoms with van der Waals surface area (Å²) in [4.78, 5) is 11.2. The number of alkyl halides is 1. The van der Waals surface area contributed by atoms with Crippen LogP contribution in [0.25, 0.3) is 0 Å². The Hall–Kier alpha value is -1.03. The van der Waals surface area contributed by atoms with Crippen molar-refractivity contribution < 1.29 is 9.53 Å². The van der Waals surface area contributed by atoms with Gasteiger partial charge in [-0.3, -0.25) is 4.79 Å². The van der Waals surface area contributed by atoms with Crippen molar-refractivity contribution in [3.63, 3.8) is 0 Å². The molecule has 15 heavy (non-hydrogen) atoms. The maximum absolute atomic E-state index is 11.2. The smallest absolute Gasteiger partial charge is 0.235 e. The van der Waals surface area contributed by atoms with Crippen LogP contribution in [0.1, 0.15) is 11.1 Å². The van der Waals surface area contributed by atoms with Gasteiger partial charge in [0.25, 0.3) is 0 Å². The minimum Gasteiger partial charge on any atom is -0.496 e. The molecule has 0 aliphatic heterocycles. The number of amides is 1. The number of ether oxygens (including phenoxy) is 1. The van der Waals surface area contributed by atoms with E-state index in [1.165, 1.54) is 0 Å². The molecule has 1 N–H and O–H groups in total. The van der Waals surface area contributed by atoms with E-state index in [4.69, 9.17) is 4.74 Å². The molecule has 1 rings (SSSR count). The van der Waals surface area contributed by atoms with Gasteiger partial charge in [0.15, 0.2) is 0 Å². The molecule has 1 amide bonds. The SMILES string of the molecule is COc1c(C)ccc(NC(=O)CBr)c1C. The van der Waals surface area contributed by atoms with Gasteiger partial charge >= 0.3 is 0 Å². The lowest BCUT2D eigenvalue weighted by molar-refractivity contribution is -0.113. The largest absolute Gasteiger partial charge is 0.496 e. The van der Waals surface area contributed by atoms with Crippen LogP contribution in [0.15, 0.2) is 12.1 Å². The standard InChI is InChI=1S/C11H14BrNO2/c1-7-4-5-9(13-10(14)6-12)8(2)11(7)15-3/h4-5H,6H2,1-3H3,(H,13,14). The van der Waals surface area contributed by atoms with Crippen molar-refractivity contribution in [1.29, 1.82) is 0 Å². The maximum atomic E-state index is 11.2. The van der Waals surface area contributed by atoms with Crippen molar-refractivity contribution in [3.8, 4) is 5.75 Å². The summed E-state index contributed by atoms with van der Waals surface area (Å²) < 4.78 is 5.27. The van der Waals surface area contributed by atoms with E-state index in [-0.39, 0.29) is 5.91 Å². The number of hydrogen-bond donors (Lipinski definition) is 1. The third kappa shape index (κ3) is 2.72. The second kappa shape index (κ2) is 5.16. The molecule has 0 aromatic heterocycles. The van der Waals surface area contributed by atoms with Crippen LogP contribution in [0.4, 0.5) is 5.69 Å². The number of carbonyl (C=O) groups is 1. The van der Waals surface area contributed by atoms with Crippen LogP contribution in [-0.4, -0.2) is 18.3 Å². The number of methoxy groups -OCH3 is 1. The Morgan fingerprint density at radius 2 is 2.13 bits per heavy atom. The Bertz CT molecular complexity index is 377. The van der Waals surface area contributed by atoms with Gasteiger partial charge in [-0.1, -0.05) is 22.0 Å². The molecular weight excluding hydrogens is 258 g/mol. The topological polar surface area (TPSA) is 38.3 Å². The summed E-state index contributed by atoms with van der Waals surface area (Å²) in [5, 5.41) is 3.09. The van der Waals surface area contributed by atoms with E-state index in [2.05, 4.69) is 21.2 Å². The van der Waals surface area contributed by atoms with Crippen LogP contribution in [0.3, 0.4) is 0 Å². The molecule has 0 heterocycles. The Kier molecular flexibility index (Phi) is 4.15. The van der Waals surface area contributed by atoms with Gasteiger partial charge in [0.05, 0.1) is 12.4 Å². The van der Waals surface area contributed by atoms with Gasteiger partial charge < -0.3 is 10.1 Å². The van der Waals surface area contributed by atoms with Crippen molar-refractivity contribution >= 4 is 27.5 Å². The highest BCUT2D eigenvalue weighted by Gasteiger charge is 2.09. The van der Waals surface area contributed by atoms with E-state index in [1.54, 1.807) is 7.11 Å². The van der Waals surface area contributed by atoms with Crippen molar-refractivity contribution in [2.45, 2.75) is 13.8 Å². The summed E-state index contributed by atoms with van der Waals surface area (Å²) in [6, 6.07) is 3.81. The number of benzene rings is 1. The van der Waals surface area contributed by atoms with E-state index in [0.717, 1.165) is 22.6 Å². The number of rotatable bonds is 3. The van der Waals surface area contributed by atoms with Crippen LogP contribution in [0.5, 0.6) is 5.75 Å². The lowest BCUT2D eigenvalue weighted by Gasteiger charge is -2.13. The highest BCUT2D eigenvalue weighted by Crippen LogP contribution is 2.29. The van der Waals surface area contributed by atoms with Crippen LogP contribution >= 0.6 is 15.9 Å². The first kappa shape index (κ1) is 12.0. The van der Waals surface area contributed by atoms with E-state index >= 15 is 0 Å². The molecular formula is C11H14BrNO2. The van der Waals surface area contributed by atoms with Crippen molar-refractivity contribution in [1.82, 2.24) is 0 Å². The molecule has 0 saturated heterocycles. The zero-order chi connectivity index (χ0) is 11.4. The fraction of sp³-hybridized carbons (Fsp3) is 0.364. The monoisotopic (exact) mass is 271 g/mol. The first-order chi connectivity index (χ1) is 7.10. The summed E-state index contributed by atoms with van der Waals surface area (Å²) in [5.74, 6) is 0.756. The van der Waals surface area contributed by atoms with E-state index < -0.39 is 0 Å². The predicted octanol–water partition coefficient (Wildman–Crippen LogP) is 2.65. The first-order valence-corrected chi connectivity index (χ1v) is 5.72. The van der Waals surface area contributed by atoms with Gasteiger partial charge in [-0.2, -0.15) is 0 Å². The van der Waals surface area contributed by atoms with Gasteiger partial charge in [-0.25, -0.2) is 0 Å². The Morgan fingerprint density at radius 3 is 2.67 bits per heavy atom. The quantitative estimate of drug-likeness (QED) is 0.859. The molecule has 0 aliphatic rings. The van der Waals surface area contributed by atoms with Gasteiger partial charge in [-0.05, 0) is 25.5 Å². The molecule has 0 atom stereocenters. The lowest BCUT2D eigenvalue weighted by Crippen LogP contribution is -2.13. The molecule has 4 heteroatoms. The minimum absolute atomic E-state index is 0.0657. The summed E-state index contributed by atoms with van der Waals surface area (Å²) in [7, 11) is 1.63. The summed E-state index contributed by atoms with van der Waals surface area (Å²) >= 11 is 3.10. The van der Waals surface area contributed by atoms with Crippen molar-refractivity contribution in [2.24, 2.45) is 0 Å². The highest BCUT2D eigenvalue weighted by atomic mass is 79.9.